The van der Waals surface area contributed by atoms with Crippen LogP contribution in [-0.2, 0) is 29.3 Å². The molecule has 42 heavy (non-hydrogen) atoms. The molecule has 0 spiro atoms. The summed E-state index contributed by atoms with van der Waals surface area (Å²) in [4.78, 5) is 18.3. The van der Waals surface area contributed by atoms with Crippen molar-refractivity contribution in [1.29, 1.82) is 0 Å². The molecule has 0 radical (unpaired) electrons. The Morgan fingerprint density at radius 1 is 0.905 bits per heavy atom. The van der Waals surface area contributed by atoms with E-state index in [1.165, 1.54) is 0 Å². The Kier molecular flexibility index (Phi) is 9.91. The van der Waals surface area contributed by atoms with Gasteiger partial charge in [0.25, 0.3) is 0 Å². The number of ether oxygens (including phenoxy) is 1. The molecule has 0 atom stereocenters. The Bertz CT molecular complexity index is 1650. The maximum Gasteiger partial charge on any atom is 0.189 e. The van der Waals surface area contributed by atoms with Gasteiger partial charge in [-0.2, -0.15) is 0 Å². The molecule has 5 rings (SSSR count). The molecule has 1 aliphatic heterocycles. The molecule has 10 heteroatoms. The Morgan fingerprint density at radius 2 is 1.64 bits per heavy atom. The van der Waals surface area contributed by atoms with Crippen molar-refractivity contribution in [2.75, 3.05) is 44.9 Å². The van der Waals surface area contributed by atoms with Gasteiger partial charge in [-0.1, -0.05) is 71.7 Å². The number of sulfone groups is 1. The number of piperazine rings is 1. The number of nitrogens with zero attached hydrogens (tertiary/aromatic N) is 3. The first kappa shape index (κ1) is 30.6. The van der Waals surface area contributed by atoms with Crippen molar-refractivity contribution in [2.45, 2.75) is 25.9 Å². The van der Waals surface area contributed by atoms with Gasteiger partial charge in [0, 0.05) is 79.1 Å². The lowest BCUT2D eigenvalue weighted by atomic mass is 10.0. The van der Waals surface area contributed by atoms with Crippen LogP contribution in [0.5, 0.6) is 5.75 Å². The summed E-state index contributed by atoms with van der Waals surface area (Å²) < 4.78 is 31.5. The van der Waals surface area contributed by atoms with Crippen LogP contribution in [0.2, 0.25) is 10.0 Å². The van der Waals surface area contributed by atoms with E-state index in [9.17, 15) is 13.2 Å². The molecule has 0 aliphatic carbocycles. The number of para-hydroxylation sites is 1. The van der Waals surface area contributed by atoms with E-state index >= 15 is 0 Å². The van der Waals surface area contributed by atoms with Gasteiger partial charge in [0.2, 0.25) is 0 Å². The normalized spacial score (nSPS) is 14.8. The minimum Gasteiger partial charge on any atom is -0.476 e. The first-order valence-corrected chi connectivity index (χ1v) is 16.9. The van der Waals surface area contributed by atoms with Crippen LogP contribution < -0.4 is 4.74 Å². The van der Waals surface area contributed by atoms with Crippen molar-refractivity contribution in [2.24, 2.45) is 0 Å². The number of fused-ring (bicyclic) bond motifs is 1. The predicted molar refractivity (Wildman–Crippen MR) is 170 cm³/mol. The van der Waals surface area contributed by atoms with Crippen molar-refractivity contribution in [3.8, 4) is 5.75 Å². The Morgan fingerprint density at radius 3 is 2.36 bits per heavy atom. The summed E-state index contributed by atoms with van der Waals surface area (Å²) in [5, 5.41) is 2.12. The minimum atomic E-state index is -3.34. The van der Waals surface area contributed by atoms with E-state index in [1.807, 2.05) is 59.3 Å². The fourth-order valence-corrected chi connectivity index (χ4v) is 6.22. The Hall–Kier alpha value is -2.88. The Labute approximate surface area is 257 Å². The summed E-state index contributed by atoms with van der Waals surface area (Å²) in [5.74, 6) is 0.0594. The van der Waals surface area contributed by atoms with Crippen molar-refractivity contribution < 1.29 is 17.9 Å². The average Bonchev–Trinajstić information content (AvgIpc) is 3.34. The predicted octanol–water partition coefficient (Wildman–Crippen LogP) is 5.96. The highest BCUT2D eigenvalue weighted by Crippen LogP contribution is 2.31. The van der Waals surface area contributed by atoms with E-state index in [0.29, 0.717) is 34.3 Å². The fraction of sp³-hybridized carbons (Fsp3) is 0.344. The van der Waals surface area contributed by atoms with Gasteiger partial charge in [-0.15, -0.1) is 0 Å². The van der Waals surface area contributed by atoms with Gasteiger partial charge in [0.15, 0.2) is 21.6 Å². The zero-order valence-corrected chi connectivity index (χ0v) is 26.0. The summed E-state index contributed by atoms with van der Waals surface area (Å²) in [7, 11) is -3.34. The van der Waals surface area contributed by atoms with Crippen molar-refractivity contribution in [3.63, 3.8) is 0 Å². The molecule has 3 aromatic carbocycles. The van der Waals surface area contributed by atoms with Gasteiger partial charge in [0.1, 0.15) is 5.75 Å². The fourth-order valence-electron chi connectivity index (χ4n) is 5.41. The molecule has 4 aromatic rings. The number of Topliss-reactive ketones (excluding diaryl/α,β-unsaturated/α-hetero) is 1. The molecule has 0 amide bonds. The maximum absolute atomic E-state index is 13.4. The highest BCUT2D eigenvalue weighted by Gasteiger charge is 2.21. The molecule has 2 heterocycles. The van der Waals surface area contributed by atoms with Crippen LogP contribution in [0.3, 0.4) is 0 Å². The van der Waals surface area contributed by atoms with Crippen LogP contribution in [0.1, 0.15) is 27.9 Å². The number of hydrogen-bond acceptors (Lipinski definition) is 6. The largest absolute Gasteiger partial charge is 0.476 e. The number of carbonyl (C=O) groups excluding carboxylic acids is 1. The summed E-state index contributed by atoms with van der Waals surface area (Å²) in [5.41, 5.74) is 3.40. The Balaban J connectivity index is 1.26. The van der Waals surface area contributed by atoms with Crippen LogP contribution in [0.25, 0.3) is 10.9 Å². The molecule has 0 saturated carbocycles. The van der Waals surface area contributed by atoms with E-state index in [4.69, 9.17) is 27.9 Å². The van der Waals surface area contributed by atoms with Gasteiger partial charge in [-0.05, 0) is 42.3 Å². The van der Waals surface area contributed by atoms with E-state index in [2.05, 4.69) is 9.80 Å². The second-order valence-electron chi connectivity index (χ2n) is 10.9. The molecule has 1 aliphatic rings. The lowest BCUT2D eigenvalue weighted by molar-refractivity contribution is 0.0994. The molecule has 222 valence electrons. The van der Waals surface area contributed by atoms with Crippen LogP contribution in [0.15, 0.2) is 72.9 Å². The van der Waals surface area contributed by atoms with Gasteiger partial charge in [-0.25, -0.2) is 8.42 Å². The van der Waals surface area contributed by atoms with Gasteiger partial charge in [-0.3, -0.25) is 9.69 Å². The second-order valence-corrected chi connectivity index (χ2v) is 13.8. The smallest absolute Gasteiger partial charge is 0.189 e. The third kappa shape index (κ3) is 7.94. The van der Waals surface area contributed by atoms with Gasteiger partial charge >= 0.3 is 0 Å². The number of aromatic nitrogens is 1. The molecule has 0 N–H and O–H groups in total. The zero-order chi connectivity index (χ0) is 29.7. The topological polar surface area (TPSA) is 71.8 Å². The van der Waals surface area contributed by atoms with E-state index < -0.39 is 15.8 Å². The number of rotatable bonds is 12. The minimum absolute atomic E-state index is 0.0159. The summed E-state index contributed by atoms with van der Waals surface area (Å²) in [6.45, 7) is 6.21. The van der Waals surface area contributed by atoms with E-state index in [0.717, 1.165) is 74.0 Å². The van der Waals surface area contributed by atoms with Gasteiger partial charge < -0.3 is 14.2 Å². The number of benzene rings is 3. The summed E-state index contributed by atoms with van der Waals surface area (Å²) >= 11 is 12.4. The molecular formula is C32H35Cl2N3O4S. The van der Waals surface area contributed by atoms with Crippen LogP contribution in [0, 0.1) is 0 Å². The highest BCUT2D eigenvalue weighted by atomic mass is 35.5. The van der Waals surface area contributed by atoms with Crippen molar-refractivity contribution in [3.05, 3.63) is 99.7 Å². The number of hydrogen-bond donors (Lipinski definition) is 0. The molecule has 1 aromatic heterocycles. The van der Waals surface area contributed by atoms with E-state index in [-0.39, 0.29) is 5.78 Å². The van der Waals surface area contributed by atoms with Crippen molar-refractivity contribution in [1.82, 2.24) is 14.4 Å². The van der Waals surface area contributed by atoms with Crippen LogP contribution in [0.4, 0.5) is 0 Å². The number of aryl methyl sites for hydroxylation is 1. The molecule has 1 saturated heterocycles. The second kappa shape index (κ2) is 13.6. The monoisotopic (exact) mass is 627 g/mol. The van der Waals surface area contributed by atoms with Gasteiger partial charge in [0.05, 0.1) is 5.52 Å². The molecular weight excluding hydrogens is 593 g/mol. The SMILES string of the molecule is CS(=O)(=O)COc1cccc2c(C(=O)Cc3ccccc3)cn(CCCN3CCN(Cc4ccc(Cl)cc4Cl)CC3)c12. The molecule has 0 unspecified atom stereocenters. The maximum atomic E-state index is 13.4. The first-order valence-electron chi connectivity index (χ1n) is 14.0. The standard InChI is InChI=1S/C32H35Cl2N3O4S/c1-42(39,40)23-41-31-10-5-9-27-28(30(38)19-24-7-3-2-4-8-24)22-37(32(27)31)14-6-13-35-15-17-36(18-16-35)21-25-11-12-26(33)20-29(25)34/h2-5,7-12,20,22H,6,13-19,21,23H2,1H3. The summed E-state index contributed by atoms with van der Waals surface area (Å²) in [6, 6.07) is 20.8. The average molecular weight is 629 g/mol. The zero-order valence-electron chi connectivity index (χ0n) is 23.6. The highest BCUT2D eigenvalue weighted by molar-refractivity contribution is 7.90. The quantitative estimate of drug-likeness (QED) is 0.180. The molecule has 0 bridgehead atoms. The third-order valence-electron chi connectivity index (χ3n) is 7.55. The van der Waals surface area contributed by atoms with E-state index in [1.54, 1.807) is 18.2 Å². The first-order chi connectivity index (χ1) is 20.2. The molecule has 1 fully saturated rings. The third-order valence-corrected chi connectivity index (χ3v) is 8.68. The number of halogens is 2. The van der Waals surface area contributed by atoms with Crippen molar-refractivity contribution >= 4 is 49.7 Å². The number of ketones is 1. The number of carbonyl (C=O) groups is 1. The van der Waals surface area contributed by atoms with Crippen LogP contribution >= 0.6 is 23.2 Å². The van der Waals surface area contributed by atoms with Crippen LogP contribution in [-0.4, -0.2) is 73.5 Å². The molecule has 7 nitrogen and oxygen atoms in total. The lowest BCUT2D eigenvalue weighted by Crippen LogP contribution is -2.46. The lowest BCUT2D eigenvalue weighted by Gasteiger charge is -2.35. The summed E-state index contributed by atoms with van der Waals surface area (Å²) in [6.07, 6.45) is 4.21.